The predicted octanol–water partition coefficient (Wildman–Crippen LogP) is 4.27. The summed E-state index contributed by atoms with van der Waals surface area (Å²) in [5, 5.41) is 6.62. The van der Waals surface area contributed by atoms with Gasteiger partial charge in [-0.05, 0) is 37.2 Å². The van der Waals surface area contributed by atoms with Gasteiger partial charge in [0.05, 0.1) is 10.7 Å². The zero-order chi connectivity index (χ0) is 14.2. The van der Waals surface area contributed by atoms with Gasteiger partial charge < -0.3 is 5.32 Å². The van der Waals surface area contributed by atoms with Crippen LogP contribution in [-0.4, -0.2) is 18.1 Å². The number of nitrogens with zero attached hydrogens (tertiary/aromatic N) is 1. The van der Waals surface area contributed by atoms with Crippen LogP contribution < -0.4 is 5.32 Å². The van der Waals surface area contributed by atoms with Crippen molar-refractivity contribution in [2.75, 3.05) is 13.1 Å². The highest BCUT2D eigenvalue weighted by Crippen LogP contribution is 2.22. The summed E-state index contributed by atoms with van der Waals surface area (Å²) < 4.78 is 12.9. The largest absolute Gasteiger partial charge is 0.316 e. The molecule has 0 saturated heterocycles. The van der Waals surface area contributed by atoms with Crippen LogP contribution in [0.2, 0.25) is 0 Å². The van der Waals surface area contributed by atoms with Gasteiger partial charge in [0.25, 0.3) is 0 Å². The highest BCUT2D eigenvalue weighted by molar-refractivity contribution is 7.09. The Balaban J connectivity index is 1.79. The zero-order valence-electron chi connectivity index (χ0n) is 11.9. The first-order valence-electron chi connectivity index (χ1n) is 7.20. The zero-order valence-corrected chi connectivity index (χ0v) is 12.7. The summed E-state index contributed by atoms with van der Waals surface area (Å²) in [6.45, 7) is 4.27. The molecular weight excluding hydrogens is 271 g/mol. The van der Waals surface area contributed by atoms with Gasteiger partial charge in [-0.25, -0.2) is 9.37 Å². The van der Waals surface area contributed by atoms with Crippen molar-refractivity contribution in [3.8, 4) is 11.3 Å². The van der Waals surface area contributed by atoms with Crippen LogP contribution in [0, 0.1) is 5.82 Å². The second-order valence-corrected chi connectivity index (χ2v) is 5.78. The predicted molar refractivity (Wildman–Crippen MR) is 83.6 cm³/mol. The third-order valence-corrected chi connectivity index (χ3v) is 4.07. The number of hydrogen-bond acceptors (Lipinski definition) is 3. The Morgan fingerprint density at radius 3 is 2.70 bits per heavy atom. The molecular formula is C16H21FN2S. The normalized spacial score (nSPS) is 10.9. The van der Waals surface area contributed by atoms with Gasteiger partial charge >= 0.3 is 0 Å². The van der Waals surface area contributed by atoms with E-state index in [1.54, 1.807) is 23.5 Å². The molecule has 0 spiro atoms. The fourth-order valence-electron chi connectivity index (χ4n) is 2.00. The molecule has 0 atom stereocenters. The Morgan fingerprint density at radius 2 is 1.95 bits per heavy atom. The van der Waals surface area contributed by atoms with E-state index in [-0.39, 0.29) is 5.82 Å². The number of unbranched alkanes of at least 4 members (excludes halogenated alkanes) is 2. The van der Waals surface area contributed by atoms with E-state index >= 15 is 0 Å². The molecule has 0 bridgehead atoms. The van der Waals surface area contributed by atoms with Gasteiger partial charge in [-0.15, -0.1) is 11.3 Å². The van der Waals surface area contributed by atoms with E-state index in [0.29, 0.717) is 0 Å². The Kier molecular flexibility index (Phi) is 6.15. The molecule has 4 heteroatoms. The van der Waals surface area contributed by atoms with Gasteiger partial charge in [0.1, 0.15) is 5.82 Å². The van der Waals surface area contributed by atoms with E-state index in [9.17, 15) is 4.39 Å². The van der Waals surface area contributed by atoms with Gasteiger partial charge in [-0.1, -0.05) is 19.8 Å². The van der Waals surface area contributed by atoms with Crippen LogP contribution in [0.15, 0.2) is 29.6 Å². The second kappa shape index (κ2) is 8.12. The molecule has 0 radical (unpaired) electrons. The molecule has 1 aromatic heterocycles. The maximum absolute atomic E-state index is 12.9. The van der Waals surface area contributed by atoms with Crippen molar-refractivity contribution in [1.29, 1.82) is 0 Å². The summed E-state index contributed by atoms with van der Waals surface area (Å²) >= 11 is 1.67. The number of thiazole rings is 1. The lowest BCUT2D eigenvalue weighted by Gasteiger charge is -2.02. The third-order valence-electron chi connectivity index (χ3n) is 3.16. The van der Waals surface area contributed by atoms with Gasteiger partial charge in [-0.2, -0.15) is 0 Å². The first-order valence-corrected chi connectivity index (χ1v) is 8.08. The topological polar surface area (TPSA) is 24.9 Å². The van der Waals surface area contributed by atoms with Crippen LogP contribution in [0.4, 0.5) is 4.39 Å². The Labute approximate surface area is 124 Å². The van der Waals surface area contributed by atoms with Gasteiger partial charge in [-0.3, -0.25) is 0 Å². The second-order valence-electron chi connectivity index (χ2n) is 4.84. The summed E-state index contributed by atoms with van der Waals surface area (Å²) in [5.41, 5.74) is 1.92. The molecule has 1 N–H and O–H groups in total. The molecule has 2 nitrogen and oxygen atoms in total. The summed E-state index contributed by atoms with van der Waals surface area (Å²) in [5.74, 6) is -0.208. The lowest BCUT2D eigenvalue weighted by molar-refractivity contribution is 0.616. The standard InChI is InChI=1S/C16H21FN2S/c1-2-3-4-10-18-11-9-16-19-15(12-20-16)13-5-7-14(17)8-6-13/h5-8,12,18H,2-4,9-11H2,1H3. The minimum absolute atomic E-state index is 0.208. The van der Waals surface area contributed by atoms with Crippen LogP contribution in [0.25, 0.3) is 11.3 Å². The Bertz CT molecular complexity index is 507. The van der Waals surface area contributed by atoms with E-state index in [2.05, 4.69) is 17.2 Å². The molecule has 0 aliphatic rings. The number of benzene rings is 1. The lowest BCUT2D eigenvalue weighted by Crippen LogP contribution is -2.18. The van der Waals surface area contributed by atoms with Crippen molar-refractivity contribution in [1.82, 2.24) is 10.3 Å². The Morgan fingerprint density at radius 1 is 1.15 bits per heavy atom. The fraction of sp³-hybridized carbons (Fsp3) is 0.438. The van der Waals surface area contributed by atoms with E-state index < -0.39 is 0 Å². The maximum atomic E-state index is 12.9. The quantitative estimate of drug-likeness (QED) is 0.735. The molecule has 20 heavy (non-hydrogen) atoms. The smallest absolute Gasteiger partial charge is 0.123 e. The van der Waals surface area contributed by atoms with Crippen LogP contribution in [0.5, 0.6) is 0 Å². The number of halogens is 1. The molecule has 0 saturated carbocycles. The van der Waals surface area contributed by atoms with Gasteiger partial charge in [0.2, 0.25) is 0 Å². The molecule has 1 aromatic carbocycles. The average molecular weight is 292 g/mol. The highest BCUT2D eigenvalue weighted by atomic mass is 32.1. The SMILES string of the molecule is CCCCCNCCc1nc(-c2ccc(F)cc2)cs1. The van der Waals surface area contributed by atoms with Crippen LogP contribution in [-0.2, 0) is 6.42 Å². The molecule has 0 fully saturated rings. The third kappa shape index (κ3) is 4.69. The van der Waals surface area contributed by atoms with Crippen LogP contribution in [0.1, 0.15) is 31.2 Å². The average Bonchev–Trinajstić information content (AvgIpc) is 2.92. The van der Waals surface area contributed by atoms with E-state index in [0.717, 1.165) is 35.8 Å². The van der Waals surface area contributed by atoms with E-state index in [4.69, 9.17) is 0 Å². The molecule has 2 rings (SSSR count). The van der Waals surface area contributed by atoms with E-state index in [1.807, 2.05) is 5.38 Å². The van der Waals surface area contributed by atoms with E-state index in [1.165, 1.54) is 31.4 Å². The number of aromatic nitrogens is 1. The monoisotopic (exact) mass is 292 g/mol. The number of nitrogens with one attached hydrogen (secondary N) is 1. The molecule has 0 amide bonds. The van der Waals surface area contributed by atoms with Crippen LogP contribution in [0.3, 0.4) is 0 Å². The van der Waals surface area contributed by atoms with Gasteiger partial charge in [0.15, 0.2) is 0 Å². The maximum Gasteiger partial charge on any atom is 0.123 e. The van der Waals surface area contributed by atoms with Crippen molar-refractivity contribution in [3.05, 3.63) is 40.5 Å². The van der Waals surface area contributed by atoms with Crippen LogP contribution >= 0.6 is 11.3 Å². The minimum atomic E-state index is -0.208. The molecule has 1 heterocycles. The Hall–Kier alpha value is -1.26. The van der Waals surface area contributed by atoms with Crippen molar-refractivity contribution in [2.45, 2.75) is 32.6 Å². The summed E-state index contributed by atoms with van der Waals surface area (Å²) in [7, 11) is 0. The first-order chi connectivity index (χ1) is 9.79. The summed E-state index contributed by atoms with van der Waals surface area (Å²) in [6.07, 6.45) is 4.75. The van der Waals surface area contributed by atoms with Crippen molar-refractivity contribution in [3.63, 3.8) is 0 Å². The molecule has 0 aliphatic heterocycles. The first kappa shape index (κ1) is 15.1. The van der Waals surface area contributed by atoms with Crippen molar-refractivity contribution in [2.24, 2.45) is 0 Å². The van der Waals surface area contributed by atoms with Gasteiger partial charge in [0, 0.05) is 23.9 Å². The summed E-state index contributed by atoms with van der Waals surface area (Å²) in [4.78, 5) is 4.60. The number of rotatable bonds is 8. The minimum Gasteiger partial charge on any atom is -0.316 e. The summed E-state index contributed by atoms with van der Waals surface area (Å²) in [6, 6.07) is 6.50. The molecule has 2 aromatic rings. The molecule has 0 unspecified atom stereocenters. The number of hydrogen-bond donors (Lipinski definition) is 1. The highest BCUT2D eigenvalue weighted by Gasteiger charge is 2.04. The molecule has 108 valence electrons. The van der Waals surface area contributed by atoms with Crippen molar-refractivity contribution >= 4 is 11.3 Å². The van der Waals surface area contributed by atoms with Crippen molar-refractivity contribution < 1.29 is 4.39 Å². The molecule has 0 aliphatic carbocycles. The fourth-order valence-corrected chi connectivity index (χ4v) is 2.81. The lowest BCUT2D eigenvalue weighted by atomic mass is 10.2.